The largest absolute Gasteiger partial charge is 0.446 e. The van der Waals surface area contributed by atoms with Crippen molar-refractivity contribution >= 4 is 27.5 Å². The third-order valence-corrected chi connectivity index (χ3v) is 13.1. The monoisotopic (exact) mass is 677 g/mol. The molecule has 2 aromatic rings. The number of sulfone groups is 1. The summed E-state index contributed by atoms with van der Waals surface area (Å²) in [5.74, 6) is -0.372. The Kier molecular flexibility index (Phi) is 9.81. The topological polar surface area (TPSA) is 123 Å². The van der Waals surface area contributed by atoms with Crippen molar-refractivity contribution in [3.8, 4) is 6.07 Å². The number of alkyl carbamates (subject to hydrolysis) is 1. The number of nitrogens with one attached hydrogen (secondary N) is 1. The lowest BCUT2D eigenvalue weighted by Gasteiger charge is -2.48. The second-order valence-corrected chi connectivity index (χ2v) is 15.9. The highest BCUT2D eigenvalue weighted by Gasteiger charge is 2.53. The van der Waals surface area contributed by atoms with E-state index in [-0.39, 0.29) is 41.5 Å². The summed E-state index contributed by atoms with van der Waals surface area (Å²) in [6.07, 6.45) is 4.15. The number of benzene rings is 2. The van der Waals surface area contributed by atoms with Crippen LogP contribution in [0.15, 0.2) is 66.1 Å². The van der Waals surface area contributed by atoms with Gasteiger partial charge in [0, 0.05) is 57.3 Å². The number of carbonyl (C=O) groups excluding carboxylic acids is 2. The van der Waals surface area contributed by atoms with Crippen LogP contribution in [0.2, 0.25) is 0 Å². The van der Waals surface area contributed by atoms with Gasteiger partial charge in [0.2, 0.25) is 5.91 Å². The second kappa shape index (κ2) is 13.9. The highest BCUT2D eigenvalue weighted by molar-refractivity contribution is 7.92. The van der Waals surface area contributed by atoms with Crippen molar-refractivity contribution in [2.45, 2.75) is 53.8 Å². The van der Waals surface area contributed by atoms with E-state index >= 15 is 0 Å². The summed E-state index contributed by atoms with van der Waals surface area (Å²) >= 11 is 0. The summed E-state index contributed by atoms with van der Waals surface area (Å²) in [4.78, 5) is 30.4. The maximum Gasteiger partial charge on any atom is 0.407 e. The zero-order valence-corrected chi connectivity index (χ0v) is 28.2. The van der Waals surface area contributed by atoms with Crippen molar-refractivity contribution < 1.29 is 27.1 Å². The van der Waals surface area contributed by atoms with E-state index in [0.29, 0.717) is 17.9 Å². The molecule has 256 valence electrons. The van der Waals surface area contributed by atoms with Gasteiger partial charge < -0.3 is 24.8 Å². The number of ether oxygens (including phenoxy) is 1. The van der Waals surface area contributed by atoms with Crippen LogP contribution in [0, 0.1) is 34.9 Å². The van der Waals surface area contributed by atoms with E-state index in [1.54, 1.807) is 18.2 Å². The van der Waals surface area contributed by atoms with E-state index in [0.717, 1.165) is 64.1 Å². The van der Waals surface area contributed by atoms with Crippen molar-refractivity contribution in [1.29, 1.82) is 5.26 Å². The molecule has 0 aromatic heterocycles. The molecule has 6 rings (SSSR count). The average molecular weight is 678 g/mol. The minimum atomic E-state index is -3.51. The number of anilines is 1. The lowest BCUT2D eigenvalue weighted by molar-refractivity contribution is -0.129. The Bertz CT molecular complexity index is 1660. The molecule has 0 bridgehead atoms. The molecule has 2 aromatic carbocycles. The van der Waals surface area contributed by atoms with Gasteiger partial charge in [0.05, 0.1) is 16.4 Å². The van der Waals surface area contributed by atoms with E-state index in [9.17, 15) is 27.7 Å². The Morgan fingerprint density at radius 1 is 1.08 bits per heavy atom. The van der Waals surface area contributed by atoms with Crippen LogP contribution in [-0.4, -0.2) is 94.4 Å². The van der Waals surface area contributed by atoms with Crippen LogP contribution in [0.25, 0.3) is 0 Å². The van der Waals surface area contributed by atoms with Crippen molar-refractivity contribution in [3.05, 3.63) is 72.6 Å². The predicted molar refractivity (Wildman–Crippen MR) is 179 cm³/mol. The molecule has 0 radical (unpaired) electrons. The summed E-state index contributed by atoms with van der Waals surface area (Å²) in [7, 11) is -1.98. The molecule has 2 amide bonds. The number of likely N-dealkylation sites (tertiary alicyclic amines) is 2. The molecule has 12 heteroatoms. The minimum Gasteiger partial charge on any atom is -0.446 e. The summed E-state index contributed by atoms with van der Waals surface area (Å²) < 4.78 is 46.4. The Labute approximate surface area is 282 Å². The van der Waals surface area contributed by atoms with Gasteiger partial charge in [-0.1, -0.05) is 18.7 Å². The number of halogens is 1. The zero-order chi connectivity index (χ0) is 34.1. The van der Waals surface area contributed by atoms with Gasteiger partial charge in [0.25, 0.3) is 0 Å². The zero-order valence-electron chi connectivity index (χ0n) is 27.4. The molecule has 10 nitrogen and oxygen atoms in total. The number of hydrogen-bond acceptors (Lipinski definition) is 8. The summed E-state index contributed by atoms with van der Waals surface area (Å²) in [5, 5.41) is 12.8. The van der Waals surface area contributed by atoms with E-state index in [2.05, 4.69) is 27.8 Å². The van der Waals surface area contributed by atoms with Crippen LogP contribution in [0.5, 0.6) is 0 Å². The Morgan fingerprint density at radius 3 is 2.42 bits per heavy atom. The van der Waals surface area contributed by atoms with Crippen LogP contribution in [-0.2, 0) is 24.8 Å². The van der Waals surface area contributed by atoms with E-state index in [4.69, 9.17) is 4.74 Å². The first-order valence-corrected chi connectivity index (χ1v) is 18.4. The number of amides is 2. The van der Waals surface area contributed by atoms with Gasteiger partial charge in [-0.15, -0.1) is 0 Å². The van der Waals surface area contributed by atoms with Gasteiger partial charge in [0.1, 0.15) is 17.2 Å². The van der Waals surface area contributed by atoms with Crippen LogP contribution in [0.4, 0.5) is 14.9 Å². The van der Waals surface area contributed by atoms with Gasteiger partial charge in [-0.3, -0.25) is 4.79 Å². The Morgan fingerprint density at radius 2 is 1.79 bits per heavy atom. The van der Waals surface area contributed by atoms with Gasteiger partial charge in [-0.05, 0) is 99.1 Å². The van der Waals surface area contributed by atoms with Gasteiger partial charge in [-0.2, -0.15) is 5.26 Å². The van der Waals surface area contributed by atoms with Gasteiger partial charge in [-0.25, -0.2) is 17.6 Å². The fraction of sp³-hybridized carbons (Fsp3) is 0.528. The van der Waals surface area contributed by atoms with E-state index in [1.165, 1.54) is 30.2 Å². The normalized spacial score (nSPS) is 23.8. The molecule has 3 heterocycles. The fourth-order valence-corrected chi connectivity index (χ4v) is 9.99. The van der Waals surface area contributed by atoms with E-state index < -0.39 is 32.7 Å². The lowest BCUT2D eigenvalue weighted by atomic mass is 9.59. The van der Waals surface area contributed by atoms with Crippen molar-refractivity contribution in [2.75, 3.05) is 57.8 Å². The predicted octanol–water partition coefficient (Wildman–Crippen LogP) is 4.13. The first-order valence-electron chi connectivity index (χ1n) is 16.9. The third kappa shape index (κ3) is 6.42. The number of nitriles is 1. The van der Waals surface area contributed by atoms with E-state index in [1.807, 2.05) is 18.2 Å². The smallest absolute Gasteiger partial charge is 0.407 e. The maximum atomic E-state index is 14.6. The number of carbonyl (C=O) groups is 2. The molecule has 1 N–H and O–H groups in total. The van der Waals surface area contributed by atoms with Crippen molar-refractivity contribution in [3.63, 3.8) is 0 Å². The Balaban J connectivity index is 1.05. The lowest BCUT2D eigenvalue weighted by Crippen LogP contribution is -2.56. The quantitative estimate of drug-likeness (QED) is 0.373. The van der Waals surface area contributed by atoms with Crippen LogP contribution < -0.4 is 10.2 Å². The number of piperidine rings is 1. The number of nitrogens with zero attached hydrogens (tertiary/aromatic N) is 4. The molecule has 4 aliphatic rings. The van der Waals surface area contributed by atoms with Crippen molar-refractivity contribution in [2.24, 2.45) is 17.8 Å². The number of hydrogen-bond donors (Lipinski definition) is 1. The fourth-order valence-electron chi connectivity index (χ4n) is 8.34. The van der Waals surface area contributed by atoms with Crippen molar-refractivity contribution in [1.82, 2.24) is 15.1 Å². The van der Waals surface area contributed by atoms with Crippen LogP contribution in [0.1, 0.15) is 37.7 Å². The molecule has 3 aliphatic heterocycles. The molecule has 0 unspecified atom stereocenters. The molecule has 1 aliphatic carbocycles. The third-order valence-electron chi connectivity index (χ3n) is 11.0. The molecule has 3 saturated heterocycles. The molecular formula is C36H44FN5O5S. The van der Waals surface area contributed by atoms with Crippen LogP contribution >= 0.6 is 0 Å². The molecule has 48 heavy (non-hydrogen) atoms. The molecule has 0 spiro atoms. The Hall–Kier alpha value is -3.95. The first-order chi connectivity index (χ1) is 23.1. The SMILES string of the molecule is C=CC(=O)N1CC(S(=O)(=O)c2ccc(N3CC(CN4CCC([C@](C#N)(c5cccc(F)c5)[C@H]5CCC[C@@H]5OC(=O)NC)CC4)C3)cc2)C1. The van der Waals surface area contributed by atoms with Crippen LogP contribution in [0.3, 0.4) is 0 Å². The summed E-state index contributed by atoms with van der Waals surface area (Å²) in [6.45, 7) is 8.18. The second-order valence-electron chi connectivity index (χ2n) is 13.7. The summed E-state index contributed by atoms with van der Waals surface area (Å²) in [5.41, 5.74) is 0.698. The highest BCUT2D eigenvalue weighted by atomic mass is 32.2. The standard InChI is InChI=1S/C36H44FN5O5S/c1-3-34(43)42-22-31(23-42)48(45,46)30-12-10-29(11-13-30)41-20-25(21-41)19-40-16-14-26(15-17-40)36(24-38,27-6-4-7-28(37)18-27)32-8-5-9-33(32)47-35(44)39-2/h3-4,6-7,10-13,18,25-26,31-33H,1,5,8-9,14-17,19-23H2,2H3,(H,39,44)/t32-,33-,36+/m0/s1. The highest BCUT2D eigenvalue weighted by Crippen LogP contribution is 2.51. The molecular weight excluding hydrogens is 633 g/mol. The molecule has 4 fully saturated rings. The molecule has 1 saturated carbocycles. The van der Waals surface area contributed by atoms with Gasteiger partial charge in [0.15, 0.2) is 9.84 Å². The van der Waals surface area contributed by atoms with Gasteiger partial charge >= 0.3 is 6.09 Å². The number of rotatable bonds is 10. The minimum absolute atomic E-state index is 0.00222. The summed E-state index contributed by atoms with van der Waals surface area (Å²) in [6, 6.07) is 16.1. The molecule has 3 atom stereocenters. The first kappa shape index (κ1) is 33.9. The average Bonchev–Trinajstić information content (AvgIpc) is 3.51. The maximum absolute atomic E-state index is 14.6.